The summed E-state index contributed by atoms with van der Waals surface area (Å²) < 4.78 is 46.6. The smallest absolute Gasteiger partial charge is 0.362 e. The molecule has 208 valence electrons. The molecule has 0 atom stereocenters. The third kappa shape index (κ3) is 8.08. The minimum atomic E-state index is -4.94. The highest BCUT2D eigenvalue weighted by Gasteiger charge is 2.19. The number of nitrogens with zero attached hydrogens (tertiary/aromatic N) is 1. The molecule has 0 radical (unpaired) electrons. The largest absolute Gasteiger partial charge is 0.456 e. The predicted octanol–water partition coefficient (Wildman–Crippen LogP) is 4.30. The Morgan fingerprint density at radius 2 is 0.810 bits per heavy atom. The first-order valence-corrected chi connectivity index (χ1v) is 14.1. The molecule has 0 fully saturated rings. The molecular weight excluding hydrogens is 554 g/mol. The van der Waals surface area contributed by atoms with Gasteiger partial charge in [-0.15, -0.1) is 10.2 Å². The van der Waals surface area contributed by atoms with Crippen LogP contribution in [0.5, 0.6) is 0 Å². The van der Waals surface area contributed by atoms with Gasteiger partial charge >= 0.3 is 11.5 Å². The van der Waals surface area contributed by atoms with Gasteiger partial charge in [-0.2, -0.15) is 0 Å². The van der Waals surface area contributed by atoms with Crippen LogP contribution in [-0.4, -0.2) is 0 Å². The molecule has 2 heterocycles. The number of halogens is 1. The summed E-state index contributed by atoms with van der Waals surface area (Å²) in [4.78, 5) is 5.07. The summed E-state index contributed by atoms with van der Waals surface area (Å²) in [6, 6.07) is 48.3. The van der Waals surface area contributed by atoms with Crippen molar-refractivity contribution in [1.82, 2.24) is 0 Å². The molecule has 0 bridgehead atoms. The first kappa shape index (κ1) is 28.6. The molecule has 0 saturated carbocycles. The molecule has 42 heavy (non-hydrogen) atoms. The van der Waals surface area contributed by atoms with Crippen LogP contribution in [0.15, 0.2) is 159 Å². The van der Waals surface area contributed by atoms with Crippen molar-refractivity contribution in [3.63, 3.8) is 0 Å². The van der Waals surface area contributed by atoms with Crippen molar-refractivity contribution in [1.29, 1.82) is 0 Å². The average Bonchev–Trinajstić information content (AvgIpc) is 3.02. The molecular formula is C34H24ClNO6. The van der Waals surface area contributed by atoms with E-state index in [1.165, 1.54) is 0 Å². The molecule has 2 aromatic heterocycles. The minimum Gasteiger partial charge on any atom is -0.456 e. The van der Waals surface area contributed by atoms with Crippen LogP contribution < -0.4 is 24.0 Å². The van der Waals surface area contributed by atoms with Gasteiger partial charge in [0.2, 0.25) is 0 Å². The van der Waals surface area contributed by atoms with Crippen LogP contribution in [0.1, 0.15) is 0 Å². The normalized spacial score (nSPS) is 10.9. The van der Waals surface area contributed by atoms with Gasteiger partial charge in [-0.1, -0.05) is 97.1 Å². The Hall–Kier alpha value is -4.89. The maximum atomic E-state index is 8.49. The second kappa shape index (κ2) is 13.2. The molecule has 0 unspecified atom stereocenters. The van der Waals surface area contributed by atoms with Gasteiger partial charge in [0.1, 0.15) is 11.5 Å². The van der Waals surface area contributed by atoms with Crippen LogP contribution in [0.2, 0.25) is 0 Å². The van der Waals surface area contributed by atoms with Crippen LogP contribution in [0.4, 0.5) is 5.69 Å². The Kier molecular flexibility index (Phi) is 8.99. The van der Waals surface area contributed by atoms with Crippen molar-refractivity contribution in [2.75, 3.05) is 0 Å². The second-order valence-electron chi connectivity index (χ2n) is 9.04. The summed E-state index contributed by atoms with van der Waals surface area (Å²) in [7, 11) is -4.94. The van der Waals surface area contributed by atoms with Gasteiger partial charge in [-0.05, 0) is 24.3 Å². The molecule has 0 spiro atoms. The van der Waals surface area contributed by atoms with E-state index in [4.69, 9.17) is 32.5 Å². The lowest BCUT2D eigenvalue weighted by Crippen LogP contribution is -2.68. The maximum Gasteiger partial charge on any atom is 0.362 e. The highest BCUT2D eigenvalue weighted by Crippen LogP contribution is 2.32. The van der Waals surface area contributed by atoms with Crippen molar-refractivity contribution in [2.45, 2.75) is 0 Å². The van der Waals surface area contributed by atoms with Gasteiger partial charge in [0, 0.05) is 23.3 Å². The quantitative estimate of drug-likeness (QED) is 0.281. The van der Waals surface area contributed by atoms with Crippen molar-refractivity contribution in [3.8, 4) is 45.3 Å². The summed E-state index contributed by atoms with van der Waals surface area (Å²) in [5.41, 5.74) is 4.78. The third-order valence-corrected chi connectivity index (χ3v) is 6.05. The fraction of sp³-hybridized carbons (Fsp3) is 0. The van der Waals surface area contributed by atoms with Crippen molar-refractivity contribution < 1.29 is 37.7 Å². The van der Waals surface area contributed by atoms with Gasteiger partial charge in [0.05, 0.1) is 34.3 Å². The predicted molar refractivity (Wildman–Crippen MR) is 149 cm³/mol. The minimum absolute atomic E-state index is 0.757. The van der Waals surface area contributed by atoms with Crippen LogP contribution in [0.25, 0.3) is 45.3 Å². The summed E-state index contributed by atoms with van der Waals surface area (Å²) in [5.74, 6) is 3.03. The zero-order chi connectivity index (χ0) is 29.4. The fourth-order valence-electron chi connectivity index (χ4n) is 4.23. The summed E-state index contributed by atoms with van der Waals surface area (Å²) in [5, 5.41) is 0.799. The average molecular weight is 578 g/mol. The maximum absolute atomic E-state index is 8.49. The molecule has 0 aliphatic rings. The Morgan fingerprint density at radius 1 is 0.476 bits per heavy atom. The second-order valence-corrected chi connectivity index (χ2v) is 9.80. The summed E-state index contributed by atoms with van der Waals surface area (Å²) in [6.45, 7) is 0. The first-order chi connectivity index (χ1) is 20.3. The number of hydrogen-bond donors (Lipinski definition) is 0. The molecule has 0 aliphatic carbocycles. The molecule has 7 nitrogen and oxygen atoms in total. The first-order valence-electron chi connectivity index (χ1n) is 12.8. The van der Waals surface area contributed by atoms with E-state index in [0.717, 1.165) is 56.3 Å². The van der Waals surface area contributed by atoms with Crippen LogP contribution in [-0.2, 0) is 0 Å². The highest BCUT2D eigenvalue weighted by atomic mass is 35.7. The van der Waals surface area contributed by atoms with E-state index in [0.29, 0.717) is 0 Å². The zero-order valence-corrected chi connectivity index (χ0v) is 22.9. The highest BCUT2D eigenvalue weighted by molar-refractivity contribution is 5.68. The molecule has 4 aromatic carbocycles. The molecule has 0 N–H and O–H groups in total. The van der Waals surface area contributed by atoms with E-state index in [2.05, 4.69) is 0 Å². The number of benzene rings is 4. The van der Waals surface area contributed by atoms with Crippen molar-refractivity contribution in [2.24, 2.45) is 4.99 Å². The Bertz CT molecular complexity index is 1680. The lowest BCUT2D eigenvalue weighted by Gasteiger charge is -2.17. The van der Waals surface area contributed by atoms with Crippen molar-refractivity contribution in [3.05, 3.63) is 151 Å². The Morgan fingerprint density at radius 3 is 1.17 bits per heavy atom. The van der Waals surface area contributed by atoms with E-state index in [-0.39, 0.29) is 0 Å². The van der Waals surface area contributed by atoms with Crippen LogP contribution in [0.3, 0.4) is 0 Å². The van der Waals surface area contributed by atoms with E-state index < -0.39 is 10.2 Å². The summed E-state index contributed by atoms with van der Waals surface area (Å²) >= 11 is 0. The van der Waals surface area contributed by atoms with Gasteiger partial charge in [-0.25, -0.2) is 28.0 Å². The lowest BCUT2D eigenvalue weighted by molar-refractivity contribution is -2.00. The Labute approximate surface area is 244 Å². The van der Waals surface area contributed by atoms with Gasteiger partial charge in [0.15, 0.2) is 0 Å². The Balaban J connectivity index is 0.000000652. The number of rotatable bonds is 5. The molecule has 8 heteroatoms. The van der Waals surface area contributed by atoms with Crippen LogP contribution >= 0.6 is 0 Å². The number of hydrogen-bond acceptors (Lipinski definition) is 6. The fourth-order valence-corrected chi connectivity index (χ4v) is 4.23. The van der Waals surface area contributed by atoms with E-state index in [1.54, 1.807) is 0 Å². The molecule has 0 aliphatic heterocycles. The monoisotopic (exact) mass is 577 g/mol. The van der Waals surface area contributed by atoms with Crippen LogP contribution in [0, 0.1) is 10.2 Å². The van der Waals surface area contributed by atoms with Gasteiger partial charge in [0.25, 0.3) is 0 Å². The molecule has 0 amide bonds. The third-order valence-electron chi connectivity index (χ3n) is 6.05. The van der Waals surface area contributed by atoms with Gasteiger partial charge in [-0.3, -0.25) is 0 Å². The van der Waals surface area contributed by atoms with E-state index in [9.17, 15) is 0 Å². The van der Waals surface area contributed by atoms with Crippen molar-refractivity contribution >= 4 is 5.69 Å². The zero-order valence-electron chi connectivity index (χ0n) is 22.1. The summed E-state index contributed by atoms with van der Waals surface area (Å²) in [6.07, 6.45) is 0. The lowest BCUT2D eigenvalue weighted by atomic mass is 10.1. The standard InChI is InChI=1S/C34H24NO2.ClHO4/c1-5-13-25(14-6-1)31-21-29(22-32(36-31)26-15-7-2-8-16-26)35-30-23-33(27-17-9-3-10-18-27)37-34(24-30)28-19-11-4-12-20-28;2-1(3,4)5/h1-24H;(H,2,3,4,5)/q+1;/p-1. The molecule has 6 aromatic rings. The molecule has 0 saturated heterocycles. The van der Waals surface area contributed by atoms with E-state index >= 15 is 0 Å². The van der Waals surface area contributed by atoms with Gasteiger partial charge < -0.3 is 4.42 Å². The topological polar surface area (TPSA) is 129 Å². The SMILES string of the molecule is [O-][Cl+3]([O-])([O-])[O-].c1ccc(-c2cc(=Nc3cc(-c4ccccc4)[o+]c(-c4ccccc4)c3)cc(-c3ccccc3)o2)cc1. The molecule has 6 rings (SSSR count). The van der Waals surface area contributed by atoms with E-state index in [1.807, 2.05) is 146 Å².